The minimum absolute atomic E-state index is 0.426. The van der Waals surface area contributed by atoms with Gasteiger partial charge >= 0.3 is 0 Å². The third-order valence-electron chi connectivity index (χ3n) is 4.10. The van der Waals surface area contributed by atoms with E-state index in [-0.39, 0.29) is 0 Å². The summed E-state index contributed by atoms with van der Waals surface area (Å²) in [6.07, 6.45) is 7.58. The van der Waals surface area contributed by atoms with Gasteiger partial charge in [-0.3, -0.25) is 0 Å². The number of halogens is 1. The summed E-state index contributed by atoms with van der Waals surface area (Å²) in [5.74, 6) is 1.98. The molecule has 20 heavy (non-hydrogen) atoms. The molecule has 0 aromatic carbocycles. The normalized spacial score (nSPS) is 17.3. The largest absolute Gasteiger partial charge is 0.481 e. The lowest BCUT2D eigenvalue weighted by Crippen LogP contribution is -2.12. The molecule has 1 saturated carbocycles. The summed E-state index contributed by atoms with van der Waals surface area (Å²) in [6, 6.07) is 4.28. The SMILES string of the molecule is COc1ccc2nc(CCl)n(C3CCCCCC3)c2n1. The van der Waals surface area contributed by atoms with Crippen molar-refractivity contribution in [3.63, 3.8) is 0 Å². The number of imidazole rings is 1. The van der Waals surface area contributed by atoms with Crippen molar-refractivity contribution in [2.24, 2.45) is 0 Å². The zero-order valence-electron chi connectivity index (χ0n) is 11.8. The van der Waals surface area contributed by atoms with Crippen molar-refractivity contribution in [3.8, 4) is 5.88 Å². The molecule has 5 heteroatoms. The highest BCUT2D eigenvalue weighted by Gasteiger charge is 2.21. The number of methoxy groups -OCH3 is 1. The maximum Gasteiger partial charge on any atom is 0.215 e. The van der Waals surface area contributed by atoms with Crippen LogP contribution in [-0.2, 0) is 5.88 Å². The minimum atomic E-state index is 0.426. The van der Waals surface area contributed by atoms with Gasteiger partial charge in [0, 0.05) is 12.1 Å². The highest BCUT2D eigenvalue weighted by molar-refractivity contribution is 6.16. The number of hydrogen-bond acceptors (Lipinski definition) is 3. The molecule has 0 atom stereocenters. The Balaban J connectivity index is 2.09. The second-order valence-electron chi connectivity index (χ2n) is 5.37. The number of pyridine rings is 1. The third kappa shape index (κ3) is 2.49. The van der Waals surface area contributed by atoms with Gasteiger partial charge in [-0.05, 0) is 18.9 Å². The lowest BCUT2D eigenvalue weighted by Gasteiger charge is -2.18. The summed E-state index contributed by atoms with van der Waals surface area (Å²) in [5.41, 5.74) is 1.82. The Morgan fingerprint density at radius 3 is 2.60 bits per heavy atom. The molecule has 1 fully saturated rings. The van der Waals surface area contributed by atoms with Gasteiger partial charge in [0.1, 0.15) is 11.3 Å². The molecule has 0 radical (unpaired) electrons. The molecule has 108 valence electrons. The zero-order chi connectivity index (χ0) is 13.9. The summed E-state index contributed by atoms with van der Waals surface area (Å²) in [4.78, 5) is 9.21. The van der Waals surface area contributed by atoms with Gasteiger partial charge in [0.05, 0.1) is 13.0 Å². The van der Waals surface area contributed by atoms with Crippen LogP contribution in [0.4, 0.5) is 0 Å². The first-order chi connectivity index (χ1) is 9.83. The fourth-order valence-electron chi connectivity index (χ4n) is 3.11. The number of hydrogen-bond donors (Lipinski definition) is 0. The van der Waals surface area contributed by atoms with Crippen LogP contribution in [0.3, 0.4) is 0 Å². The second-order valence-corrected chi connectivity index (χ2v) is 5.64. The molecule has 0 N–H and O–H groups in total. The average molecular weight is 294 g/mol. The molecule has 2 aromatic heterocycles. The van der Waals surface area contributed by atoms with Crippen LogP contribution in [0.15, 0.2) is 12.1 Å². The van der Waals surface area contributed by atoms with E-state index < -0.39 is 0 Å². The van der Waals surface area contributed by atoms with Crippen molar-refractivity contribution in [1.29, 1.82) is 0 Å². The quantitative estimate of drug-likeness (QED) is 0.632. The van der Waals surface area contributed by atoms with Gasteiger partial charge < -0.3 is 9.30 Å². The molecule has 1 aliphatic carbocycles. The Morgan fingerprint density at radius 2 is 1.95 bits per heavy atom. The summed E-state index contributed by atoms with van der Waals surface area (Å²) < 4.78 is 7.49. The van der Waals surface area contributed by atoms with E-state index >= 15 is 0 Å². The Morgan fingerprint density at radius 1 is 1.20 bits per heavy atom. The molecule has 2 heterocycles. The monoisotopic (exact) mass is 293 g/mol. The molecule has 0 bridgehead atoms. The summed E-state index contributed by atoms with van der Waals surface area (Å²) in [6.45, 7) is 0. The van der Waals surface area contributed by atoms with Gasteiger partial charge in [-0.1, -0.05) is 25.7 Å². The molecule has 4 nitrogen and oxygen atoms in total. The van der Waals surface area contributed by atoms with E-state index in [4.69, 9.17) is 16.3 Å². The fourth-order valence-corrected chi connectivity index (χ4v) is 3.30. The number of fused-ring (bicyclic) bond motifs is 1. The number of ether oxygens (including phenoxy) is 1. The van der Waals surface area contributed by atoms with E-state index in [1.807, 2.05) is 12.1 Å². The standard InChI is InChI=1S/C15H20ClN3O/c1-20-14-9-8-12-15(18-14)19(13(10-16)17-12)11-6-4-2-3-5-7-11/h8-9,11H,2-7,10H2,1H3. The zero-order valence-corrected chi connectivity index (χ0v) is 12.6. The Labute approximate surface area is 124 Å². The van der Waals surface area contributed by atoms with Crippen LogP contribution in [0, 0.1) is 0 Å². The molecular weight excluding hydrogens is 274 g/mol. The molecule has 3 rings (SSSR count). The van der Waals surface area contributed by atoms with E-state index in [0.29, 0.717) is 17.8 Å². The summed E-state index contributed by atoms with van der Waals surface area (Å²) in [7, 11) is 1.64. The predicted molar refractivity (Wildman–Crippen MR) is 80.4 cm³/mol. The van der Waals surface area contributed by atoms with E-state index in [9.17, 15) is 0 Å². The van der Waals surface area contributed by atoms with Gasteiger partial charge in [0.15, 0.2) is 5.65 Å². The van der Waals surface area contributed by atoms with Gasteiger partial charge in [-0.2, -0.15) is 4.98 Å². The number of rotatable bonds is 3. The summed E-state index contributed by atoms with van der Waals surface area (Å²) >= 11 is 6.09. The van der Waals surface area contributed by atoms with E-state index in [2.05, 4.69) is 14.5 Å². The average Bonchev–Trinajstić information content (AvgIpc) is 2.65. The van der Waals surface area contributed by atoms with Crippen molar-refractivity contribution in [2.45, 2.75) is 50.4 Å². The molecular formula is C15H20ClN3O. The highest BCUT2D eigenvalue weighted by atomic mass is 35.5. The molecule has 0 amide bonds. The minimum Gasteiger partial charge on any atom is -0.481 e. The van der Waals surface area contributed by atoms with Crippen molar-refractivity contribution in [1.82, 2.24) is 14.5 Å². The molecule has 0 unspecified atom stereocenters. The van der Waals surface area contributed by atoms with Crippen molar-refractivity contribution in [3.05, 3.63) is 18.0 Å². The van der Waals surface area contributed by atoms with E-state index in [1.54, 1.807) is 7.11 Å². The first-order valence-electron chi connectivity index (χ1n) is 7.31. The Hall–Kier alpha value is -1.29. The third-order valence-corrected chi connectivity index (χ3v) is 4.34. The number of aromatic nitrogens is 3. The van der Waals surface area contributed by atoms with E-state index in [1.165, 1.54) is 38.5 Å². The van der Waals surface area contributed by atoms with E-state index in [0.717, 1.165) is 17.0 Å². The highest BCUT2D eigenvalue weighted by Crippen LogP contribution is 2.32. The van der Waals surface area contributed by atoms with Crippen molar-refractivity contribution < 1.29 is 4.74 Å². The lowest BCUT2D eigenvalue weighted by molar-refractivity contribution is 0.396. The molecule has 0 spiro atoms. The summed E-state index contributed by atoms with van der Waals surface area (Å²) in [5, 5.41) is 0. The predicted octanol–water partition coefficient (Wildman–Crippen LogP) is 4.07. The van der Waals surface area contributed by atoms with Crippen LogP contribution in [0.5, 0.6) is 5.88 Å². The molecule has 2 aromatic rings. The second kappa shape index (κ2) is 6.00. The van der Waals surface area contributed by atoms with Crippen LogP contribution in [0.1, 0.15) is 50.4 Å². The van der Waals surface area contributed by atoms with Crippen molar-refractivity contribution in [2.75, 3.05) is 7.11 Å². The number of alkyl halides is 1. The fraction of sp³-hybridized carbons (Fsp3) is 0.600. The molecule has 0 saturated heterocycles. The van der Waals surface area contributed by atoms with Crippen LogP contribution >= 0.6 is 11.6 Å². The van der Waals surface area contributed by atoms with Crippen LogP contribution in [-0.4, -0.2) is 21.6 Å². The van der Waals surface area contributed by atoms with Crippen LogP contribution in [0.2, 0.25) is 0 Å². The van der Waals surface area contributed by atoms with Gasteiger partial charge in [-0.15, -0.1) is 11.6 Å². The maximum absolute atomic E-state index is 6.09. The molecule has 1 aliphatic rings. The van der Waals surface area contributed by atoms with Crippen LogP contribution < -0.4 is 4.74 Å². The van der Waals surface area contributed by atoms with Crippen LogP contribution in [0.25, 0.3) is 11.2 Å². The topological polar surface area (TPSA) is 39.9 Å². The van der Waals surface area contributed by atoms with Gasteiger partial charge in [-0.25, -0.2) is 4.98 Å². The first-order valence-corrected chi connectivity index (χ1v) is 7.84. The Kier molecular flexibility index (Phi) is 4.10. The lowest BCUT2D eigenvalue weighted by atomic mass is 10.1. The smallest absolute Gasteiger partial charge is 0.215 e. The first kappa shape index (κ1) is 13.7. The number of nitrogens with zero attached hydrogens (tertiary/aromatic N) is 3. The van der Waals surface area contributed by atoms with Gasteiger partial charge in [0.25, 0.3) is 0 Å². The maximum atomic E-state index is 6.09. The van der Waals surface area contributed by atoms with Crippen molar-refractivity contribution >= 4 is 22.8 Å². The van der Waals surface area contributed by atoms with Gasteiger partial charge in [0.2, 0.25) is 5.88 Å². The Bertz CT molecular complexity index is 588. The molecule has 0 aliphatic heterocycles.